The van der Waals surface area contributed by atoms with Gasteiger partial charge >= 0.3 is 0 Å². The second-order valence-electron chi connectivity index (χ2n) is 4.99. The highest BCUT2D eigenvalue weighted by atomic mass is 16.5. The minimum Gasteiger partial charge on any atom is -0.372 e. The van der Waals surface area contributed by atoms with Gasteiger partial charge in [-0.1, -0.05) is 0 Å². The van der Waals surface area contributed by atoms with Crippen LogP contribution < -0.4 is 0 Å². The predicted octanol–water partition coefficient (Wildman–Crippen LogP) is 2.50. The molecule has 0 aromatic rings. The van der Waals surface area contributed by atoms with Gasteiger partial charge in [-0.2, -0.15) is 0 Å². The summed E-state index contributed by atoms with van der Waals surface area (Å²) in [5, 5.41) is 0. The van der Waals surface area contributed by atoms with Crippen LogP contribution >= 0.6 is 0 Å². The van der Waals surface area contributed by atoms with E-state index in [4.69, 9.17) is 4.74 Å². The van der Waals surface area contributed by atoms with E-state index in [-0.39, 0.29) is 0 Å². The van der Waals surface area contributed by atoms with Crippen molar-refractivity contribution in [3.05, 3.63) is 0 Å². The molecule has 0 aromatic heterocycles. The van der Waals surface area contributed by atoms with Crippen molar-refractivity contribution in [2.45, 2.75) is 57.2 Å². The highest BCUT2D eigenvalue weighted by Crippen LogP contribution is 2.64. The first-order valence-corrected chi connectivity index (χ1v) is 4.90. The number of hydrogen-bond acceptors (Lipinski definition) is 1. The molecule has 62 valence electrons. The Labute approximate surface area is 68.1 Å². The molecule has 1 aliphatic heterocycles. The lowest BCUT2D eigenvalue weighted by Gasteiger charge is -2.34. The van der Waals surface area contributed by atoms with Crippen LogP contribution in [0.4, 0.5) is 0 Å². The summed E-state index contributed by atoms with van der Waals surface area (Å²) in [5.41, 5.74) is 1.17. The molecule has 1 nitrogen and oxygen atoms in total. The van der Waals surface area contributed by atoms with Crippen LogP contribution in [-0.2, 0) is 4.74 Å². The first-order valence-electron chi connectivity index (χ1n) is 4.90. The number of rotatable bonds is 0. The Balaban J connectivity index is 1.82. The fourth-order valence-corrected chi connectivity index (χ4v) is 2.87. The summed E-state index contributed by atoms with van der Waals surface area (Å²) in [5.74, 6) is 0. The SMILES string of the molecule is C[C@@H]1CC2(CC2)CC2(CC2)O1. The lowest BCUT2D eigenvalue weighted by molar-refractivity contribution is -0.0857. The van der Waals surface area contributed by atoms with Gasteiger partial charge in [0.15, 0.2) is 0 Å². The quantitative estimate of drug-likeness (QED) is 0.518. The third-order valence-corrected chi connectivity index (χ3v) is 3.63. The predicted molar refractivity (Wildman–Crippen MR) is 43.4 cm³/mol. The molecule has 3 fully saturated rings. The van der Waals surface area contributed by atoms with E-state index in [0.29, 0.717) is 11.7 Å². The van der Waals surface area contributed by atoms with Crippen molar-refractivity contribution in [3.8, 4) is 0 Å². The van der Waals surface area contributed by atoms with Gasteiger partial charge in [0.05, 0.1) is 11.7 Å². The van der Waals surface area contributed by atoms with E-state index in [0.717, 1.165) is 5.41 Å². The third kappa shape index (κ3) is 0.936. The van der Waals surface area contributed by atoms with Crippen LogP contribution in [0.5, 0.6) is 0 Å². The van der Waals surface area contributed by atoms with Crippen molar-refractivity contribution in [3.63, 3.8) is 0 Å². The zero-order valence-corrected chi connectivity index (χ0v) is 7.23. The minimum atomic E-state index is 0.397. The molecule has 2 saturated carbocycles. The molecule has 1 atom stereocenters. The molecule has 3 aliphatic rings. The monoisotopic (exact) mass is 152 g/mol. The summed E-state index contributed by atoms with van der Waals surface area (Å²) in [4.78, 5) is 0. The first kappa shape index (κ1) is 6.47. The second kappa shape index (κ2) is 1.66. The van der Waals surface area contributed by atoms with Crippen LogP contribution in [0.1, 0.15) is 45.4 Å². The molecule has 0 unspecified atom stereocenters. The zero-order chi connectivity index (χ0) is 7.53. The van der Waals surface area contributed by atoms with Crippen molar-refractivity contribution >= 4 is 0 Å². The summed E-state index contributed by atoms with van der Waals surface area (Å²) < 4.78 is 5.96. The fourth-order valence-electron chi connectivity index (χ4n) is 2.87. The lowest BCUT2D eigenvalue weighted by Crippen LogP contribution is -2.33. The van der Waals surface area contributed by atoms with Crippen molar-refractivity contribution in [1.82, 2.24) is 0 Å². The number of ether oxygens (including phenoxy) is 1. The minimum absolute atomic E-state index is 0.397. The Kier molecular flexibility index (Phi) is 0.976. The van der Waals surface area contributed by atoms with Crippen LogP contribution in [0, 0.1) is 5.41 Å². The summed E-state index contributed by atoms with van der Waals surface area (Å²) in [7, 11) is 0. The van der Waals surface area contributed by atoms with Crippen molar-refractivity contribution in [2.75, 3.05) is 0 Å². The molecule has 0 aromatic carbocycles. The normalized spacial score (nSPS) is 42.8. The van der Waals surface area contributed by atoms with Gasteiger partial charge in [-0.05, 0) is 50.9 Å². The Morgan fingerprint density at radius 2 is 1.91 bits per heavy atom. The molecule has 0 N–H and O–H groups in total. The molecule has 1 heteroatoms. The van der Waals surface area contributed by atoms with E-state index < -0.39 is 0 Å². The van der Waals surface area contributed by atoms with Crippen molar-refractivity contribution in [1.29, 1.82) is 0 Å². The fraction of sp³-hybridized carbons (Fsp3) is 1.00. The third-order valence-electron chi connectivity index (χ3n) is 3.63. The lowest BCUT2D eigenvalue weighted by atomic mass is 9.88. The summed E-state index contributed by atoms with van der Waals surface area (Å²) in [6.07, 6.45) is 8.95. The van der Waals surface area contributed by atoms with Gasteiger partial charge in [0.25, 0.3) is 0 Å². The van der Waals surface area contributed by atoms with Crippen LogP contribution in [0.3, 0.4) is 0 Å². The smallest absolute Gasteiger partial charge is 0.0693 e. The van der Waals surface area contributed by atoms with E-state index in [1.807, 2.05) is 0 Å². The van der Waals surface area contributed by atoms with Crippen LogP contribution in [0.25, 0.3) is 0 Å². The summed E-state index contributed by atoms with van der Waals surface area (Å²) in [6, 6.07) is 0. The summed E-state index contributed by atoms with van der Waals surface area (Å²) >= 11 is 0. The maximum absolute atomic E-state index is 5.96. The Hall–Kier alpha value is -0.0400. The molecule has 2 spiro atoms. The standard InChI is InChI=1S/C10H16O/c1-8-6-9(2-3-9)7-10(11-8)4-5-10/h8H,2-7H2,1H3/t8-/m1/s1. The van der Waals surface area contributed by atoms with Crippen LogP contribution in [0.2, 0.25) is 0 Å². The Bertz CT molecular complexity index is 169. The first-order chi connectivity index (χ1) is 5.22. The molecule has 0 bridgehead atoms. The van der Waals surface area contributed by atoms with E-state index in [2.05, 4.69) is 6.92 Å². The molecule has 0 radical (unpaired) electrons. The van der Waals surface area contributed by atoms with Gasteiger partial charge < -0.3 is 4.74 Å². The van der Waals surface area contributed by atoms with E-state index in [1.165, 1.54) is 38.5 Å². The molecular formula is C10H16O. The van der Waals surface area contributed by atoms with E-state index >= 15 is 0 Å². The maximum atomic E-state index is 5.96. The van der Waals surface area contributed by atoms with Gasteiger partial charge in [-0.15, -0.1) is 0 Å². The summed E-state index contributed by atoms with van der Waals surface area (Å²) in [6.45, 7) is 2.25. The van der Waals surface area contributed by atoms with Crippen molar-refractivity contribution < 1.29 is 4.74 Å². The maximum Gasteiger partial charge on any atom is 0.0693 e. The van der Waals surface area contributed by atoms with Gasteiger partial charge in [0.2, 0.25) is 0 Å². The molecular weight excluding hydrogens is 136 g/mol. The van der Waals surface area contributed by atoms with Gasteiger partial charge in [-0.3, -0.25) is 0 Å². The molecule has 2 aliphatic carbocycles. The van der Waals surface area contributed by atoms with Crippen LogP contribution in [0.15, 0.2) is 0 Å². The van der Waals surface area contributed by atoms with Gasteiger partial charge in [-0.25, -0.2) is 0 Å². The van der Waals surface area contributed by atoms with E-state index in [1.54, 1.807) is 0 Å². The highest BCUT2D eigenvalue weighted by Gasteiger charge is 2.59. The largest absolute Gasteiger partial charge is 0.372 e. The van der Waals surface area contributed by atoms with Crippen LogP contribution in [-0.4, -0.2) is 11.7 Å². The molecule has 1 saturated heterocycles. The Morgan fingerprint density at radius 1 is 1.18 bits per heavy atom. The average Bonchev–Trinajstić information content (AvgIpc) is 2.76. The molecule has 1 heterocycles. The van der Waals surface area contributed by atoms with Gasteiger partial charge in [0.1, 0.15) is 0 Å². The van der Waals surface area contributed by atoms with E-state index in [9.17, 15) is 0 Å². The number of hydrogen-bond donors (Lipinski definition) is 0. The zero-order valence-electron chi connectivity index (χ0n) is 7.23. The highest BCUT2D eigenvalue weighted by molar-refractivity contribution is 5.10. The van der Waals surface area contributed by atoms with Gasteiger partial charge in [0, 0.05) is 0 Å². The topological polar surface area (TPSA) is 9.23 Å². The van der Waals surface area contributed by atoms with Crippen molar-refractivity contribution in [2.24, 2.45) is 5.41 Å². The molecule has 11 heavy (non-hydrogen) atoms. The second-order valence-corrected chi connectivity index (χ2v) is 4.99. The molecule has 3 rings (SSSR count). The molecule has 0 amide bonds. The average molecular weight is 152 g/mol. The Morgan fingerprint density at radius 3 is 2.45 bits per heavy atom.